The maximum absolute atomic E-state index is 13.1. The molecule has 1 aliphatic heterocycles. The van der Waals surface area contributed by atoms with Crippen molar-refractivity contribution in [2.45, 2.75) is 25.5 Å². The average Bonchev–Trinajstić information content (AvgIpc) is 3.77. The fraction of sp³-hybridized carbons (Fsp3) is 0.133. The molecule has 2 heterocycles. The van der Waals surface area contributed by atoms with Crippen LogP contribution < -0.4 is 20.0 Å². The maximum atomic E-state index is 13.1. The molecule has 1 aromatic heterocycles. The van der Waals surface area contributed by atoms with Crippen LogP contribution in [0.1, 0.15) is 18.4 Å². The number of para-hydroxylation sites is 2. The third-order valence-corrected chi connectivity index (χ3v) is 6.49. The lowest BCUT2D eigenvalue weighted by Gasteiger charge is -2.34. The first kappa shape index (κ1) is 23.0. The molecule has 0 spiro atoms. The van der Waals surface area contributed by atoms with Crippen molar-refractivity contribution in [1.29, 1.82) is 0 Å². The number of quaternary nitrogens is 1. The Bertz CT molecular complexity index is 1450. The minimum atomic E-state index is -0.321. The predicted octanol–water partition coefficient (Wildman–Crippen LogP) is 4.61. The average molecular weight is 491 g/mol. The number of rotatable bonds is 7. The zero-order chi connectivity index (χ0) is 25.2. The zero-order valence-corrected chi connectivity index (χ0v) is 20.1. The molecule has 184 valence electrons. The third kappa shape index (κ3) is 4.95. The molecule has 1 amide bonds. The van der Waals surface area contributed by atoms with Crippen LogP contribution in [0.25, 0.3) is 11.1 Å². The number of fused-ring (bicyclic) bond motifs is 1. The fourth-order valence-corrected chi connectivity index (χ4v) is 4.35. The molecule has 1 aliphatic carbocycles. The van der Waals surface area contributed by atoms with Crippen molar-refractivity contribution < 1.29 is 14.6 Å². The second kappa shape index (κ2) is 9.89. The van der Waals surface area contributed by atoms with E-state index in [4.69, 9.17) is 4.74 Å². The molecule has 0 bridgehead atoms. The molecule has 7 nitrogen and oxygen atoms in total. The number of hydrogen-bond donors (Lipinski definition) is 2. The largest absolute Gasteiger partial charge is 0.623 e. The molecule has 1 saturated carbocycles. The van der Waals surface area contributed by atoms with Crippen LogP contribution in [-0.4, -0.2) is 16.9 Å². The van der Waals surface area contributed by atoms with Crippen molar-refractivity contribution in [2.24, 2.45) is 0 Å². The second-order valence-electron chi connectivity index (χ2n) is 9.22. The molecule has 1 atom stereocenters. The van der Waals surface area contributed by atoms with E-state index in [2.05, 4.69) is 10.3 Å². The van der Waals surface area contributed by atoms with Gasteiger partial charge < -0.3 is 20.2 Å². The SMILES string of the molecule is O=C(NC1CC1)C1=CN(c2cccc(-c3ccc(OCc4ccccc4)nc3)c2)c2ccccc2[NH+]1[O-]. The number of carbonyl (C=O) groups is 1. The smallest absolute Gasteiger partial charge is 0.307 e. The maximum Gasteiger partial charge on any atom is 0.307 e. The van der Waals surface area contributed by atoms with Crippen molar-refractivity contribution >= 4 is 23.0 Å². The van der Waals surface area contributed by atoms with E-state index >= 15 is 0 Å². The highest BCUT2D eigenvalue weighted by Crippen LogP contribution is 2.35. The number of anilines is 2. The highest BCUT2D eigenvalue weighted by molar-refractivity contribution is 5.94. The predicted molar refractivity (Wildman–Crippen MR) is 142 cm³/mol. The summed E-state index contributed by atoms with van der Waals surface area (Å²) in [5.41, 5.74) is 5.24. The van der Waals surface area contributed by atoms with E-state index in [0.717, 1.165) is 40.9 Å². The first-order valence-electron chi connectivity index (χ1n) is 12.3. The minimum absolute atomic E-state index is 0.151. The Kier molecular flexibility index (Phi) is 6.14. The standard InChI is InChI=1S/C30H26N4O3/c35-30(32-24-14-15-24)28-19-33(26-11-4-5-12-27(26)34(28)36)25-10-6-9-22(17-25)23-13-16-29(31-18-23)37-20-21-7-2-1-3-8-21/h1-13,16-19,24,34H,14-15,20H2,(H,32,35). The molecule has 1 fully saturated rings. The summed E-state index contributed by atoms with van der Waals surface area (Å²) in [5.74, 6) is 0.236. The van der Waals surface area contributed by atoms with Crippen LogP contribution in [0.5, 0.6) is 5.88 Å². The van der Waals surface area contributed by atoms with E-state index < -0.39 is 0 Å². The molecule has 0 radical (unpaired) electrons. The summed E-state index contributed by atoms with van der Waals surface area (Å²) in [6.45, 7) is 0.457. The van der Waals surface area contributed by atoms with Gasteiger partial charge in [0.2, 0.25) is 11.6 Å². The third-order valence-electron chi connectivity index (χ3n) is 6.49. The Morgan fingerprint density at radius 3 is 2.57 bits per heavy atom. The monoisotopic (exact) mass is 490 g/mol. The molecule has 7 heteroatoms. The van der Waals surface area contributed by atoms with E-state index in [-0.39, 0.29) is 22.7 Å². The lowest BCUT2D eigenvalue weighted by atomic mass is 10.1. The van der Waals surface area contributed by atoms with Gasteiger partial charge in [-0.2, -0.15) is 0 Å². The van der Waals surface area contributed by atoms with Crippen LogP contribution in [-0.2, 0) is 11.4 Å². The lowest BCUT2D eigenvalue weighted by Crippen LogP contribution is -3.02. The summed E-state index contributed by atoms with van der Waals surface area (Å²) < 4.78 is 5.82. The molecule has 3 aromatic carbocycles. The quantitative estimate of drug-likeness (QED) is 0.370. The first-order chi connectivity index (χ1) is 18.2. The summed E-state index contributed by atoms with van der Waals surface area (Å²) in [5, 5.41) is 15.8. The van der Waals surface area contributed by atoms with Gasteiger partial charge >= 0.3 is 5.91 Å². The van der Waals surface area contributed by atoms with E-state index in [1.165, 1.54) is 0 Å². The summed E-state index contributed by atoms with van der Waals surface area (Å²) in [6, 6.07) is 29.3. The Hall–Kier alpha value is -4.46. The lowest BCUT2D eigenvalue weighted by molar-refractivity contribution is -0.726. The molecular weight excluding hydrogens is 464 g/mol. The summed E-state index contributed by atoms with van der Waals surface area (Å²) in [4.78, 5) is 19.3. The van der Waals surface area contributed by atoms with Gasteiger partial charge in [-0.3, -0.25) is 9.86 Å². The fourth-order valence-electron chi connectivity index (χ4n) is 4.35. The minimum Gasteiger partial charge on any atom is -0.623 e. The van der Waals surface area contributed by atoms with Crippen LogP contribution in [0.15, 0.2) is 109 Å². The molecule has 2 aliphatic rings. The van der Waals surface area contributed by atoms with Crippen LogP contribution in [0.3, 0.4) is 0 Å². The van der Waals surface area contributed by atoms with Gasteiger partial charge in [-0.15, -0.1) is 0 Å². The van der Waals surface area contributed by atoms with Gasteiger partial charge in [0.15, 0.2) is 5.69 Å². The van der Waals surface area contributed by atoms with Crippen molar-refractivity contribution in [3.05, 3.63) is 120 Å². The van der Waals surface area contributed by atoms with Crippen molar-refractivity contribution in [1.82, 2.24) is 10.3 Å². The van der Waals surface area contributed by atoms with Gasteiger partial charge in [-0.05, 0) is 48.2 Å². The van der Waals surface area contributed by atoms with Gasteiger partial charge in [0.1, 0.15) is 12.3 Å². The first-order valence-corrected chi connectivity index (χ1v) is 12.3. The van der Waals surface area contributed by atoms with Crippen molar-refractivity contribution in [3.63, 3.8) is 0 Å². The topological polar surface area (TPSA) is 82.0 Å². The normalized spacial score (nSPS) is 16.5. The van der Waals surface area contributed by atoms with E-state index in [9.17, 15) is 10.0 Å². The Balaban J connectivity index is 1.27. The highest BCUT2D eigenvalue weighted by Gasteiger charge is 2.33. The van der Waals surface area contributed by atoms with Crippen LogP contribution >= 0.6 is 0 Å². The summed E-state index contributed by atoms with van der Waals surface area (Å²) in [6.07, 6.45) is 5.36. The number of ether oxygens (including phenoxy) is 1. The number of benzene rings is 3. The highest BCUT2D eigenvalue weighted by atomic mass is 16.5. The number of pyridine rings is 1. The van der Waals surface area contributed by atoms with E-state index in [0.29, 0.717) is 18.2 Å². The molecule has 0 saturated heterocycles. The Labute approximate surface area is 215 Å². The van der Waals surface area contributed by atoms with Gasteiger partial charge in [-0.25, -0.2) is 4.98 Å². The number of amides is 1. The molecule has 1 unspecified atom stereocenters. The van der Waals surface area contributed by atoms with Gasteiger partial charge in [0.25, 0.3) is 0 Å². The number of nitrogens with one attached hydrogen (secondary N) is 2. The van der Waals surface area contributed by atoms with Crippen LogP contribution in [0.4, 0.5) is 17.1 Å². The van der Waals surface area contributed by atoms with Gasteiger partial charge in [-0.1, -0.05) is 54.6 Å². The molecule has 37 heavy (non-hydrogen) atoms. The number of aromatic nitrogens is 1. The van der Waals surface area contributed by atoms with Gasteiger partial charge in [0.05, 0.1) is 6.20 Å². The number of hydrogen-bond acceptors (Lipinski definition) is 5. The molecule has 4 aromatic rings. The van der Waals surface area contributed by atoms with Crippen LogP contribution in [0.2, 0.25) is 0 Å². The van der Waals surface area contributed by atoms with Gasteiger partial charge in [0, 0.05) is 35.6 Å². The van der Waals surface area contributed by atoms with E-state index in [1.54, 1.807) is 18.5 Å². The molecular formula is C30H26N4O3. The molecule has 2 N–H and O–H groups in total. The van der Waals surface area contributed by atoms with Crippen LogP contribution in [0, 0.1) is 5.21 Å². The number of hydroxylamine groups is 1. The zero-order valence-electron chi connectivity index (χ0n) is 20.1. The number of carbonyl (C=O) groups excluding carboxylic acids is 1. The second-order valence-corrected chi connectivity index (χ2v) is 9.22. The van der Waals surface area contributed by atoms with E-state index in [1.807, 2.05) is 89.8 Å². The number of nitrogens with zero attached hydrogens (tertiary/aromatic N) is 2. The van der Waals surface area contributed by atoms with Crippen molar-refractivity contribution in [3.8, 4) is 17.0 Å². The summed E-state index contributed by atoms with van der Waals surface area (Å²) in [7, 11) is 0. The summed E-state index contributed by atoms with van der Waals surface area (Å²) >= 11 is 0. The van der Waals surface area contributed by atoms with Crippen molar-refractivity contribution in [2.75, 3.05) is 4.90 Å². The molecule has 6 rings (SSSR count). The Morgan fingerprint density at radius 1 is 0.973 bits per heavy atom. The Morgan fingerprint density at radius 2 is 1.78 bits per heavy atom.